The van der Waals surface area contributed by atoms with Crippen molar-refractivity contribution >= 4 is 48.2 Å². The van der Waals surface area contributed by atoms with E-state index in [2.05, 4.69) is 161 Å². The van der Waals surface area contributed by atoms with Gasteiger partial charge in [0.1, 0.15) is 0 Å². The molecule has 216 valence electrons. The normalized spacial score (nSPS) is 11.2. The Morgan fingerprint density at radius 2 is 0.568 bits per heavy atom. The van der Waals surface area contributed by atoms with Crippen molar-refractivity contribution in [2.24, 2.45) is 0 Å². The van der Waals surface area contributed by atoms with Gasteiger partial charge in [0, 0.05) is 0 Å². The summed E-state index contributed by atoms with van der Waals surface area (Å²) in [5.74, 6) is 0. The molecular weight excluding hydrogens is 766 g/mol. The molecule has 2 radical (unpaired) electrons. The Labute approximate surface area is 286 Å². The summed E-state index contributed by atoms with van der Waals surface area (Å²) in [5.41, 5.74) is 15.7. The van der Waals surface area contributed by atoms with Gasteiger partial charge in [0.15, 0.2) is 0 Å². The molecule has 0 saturated carbocycles. The molecule has 44 heavy (non-hydrogen) atoms. The Morgan fingerprint density at radius 3 is 0.818 bits per heavy atom. The number of benzene rings is 6. The summed E-state index contributed by atoms with van der Waals surface area (Å²) in [5, 5.41) is 0. The van der Waals surface area contributed by atoms with Crippen LogP contribution in [0.1, 0.15) is 22.3 Å². The second-order valence-corrected chi connectivity index (χ2v) is 18.6. The molecule has 0 heterocycles. The fourth-order valence-corrected chi connectivity index (χ4v) is 10.8. The second-order valence-electron chi connectivity index (χ2n) is 11.2. The Bertz CT molecular complexity index is 1670. The zero-order valence-electron chi connectivity index (χ0n) is 25.5. The van der Waals surface area contributed by atoms with Crippen molar-refractivity contribution in [2.75, 3.05) is 0 Å². The van der Waals surface area contributed by atoms with Crippen LogP contribution in [0, 0.1) is 27.7 Å². The van der Waals surface area contributed by atoms with Crippen molar-refractivity contribution in [1.82, 2.24) is 0 Å². The SMILES string of the molecule is Cc1ccccc1-c1cccc(-c2ccccc2C)c1S[CH]([Bi])Sc1c(-c2ccccc2C)cccc1-c1ccccc1C. The zero-order valence-corrected chi connectivity index (χ0v) is 30.7. The predicted molar refractivity (Wildman–Crippen MR) is 195 cm³/mol. The molecule has 0 bridgehead atoms. The van der Waals surface area contributed by atoms with Gasteiger partial charge in [-0.3, -0.25) is 0 Å². The van der Waals surface area contributed by atoms with Gasteiger partial charge in [-0.05, 0) is 0 Å². The number of aryl methyl sites for hydroxylation is 4. The standard InChI is InChI=1S/C41H35S2.Bi/c1-28-15-5-9-19-32(28)36-23-13-24-37(33-20-10-6-16-29(33)2)40(36)42-27-43-41-38(34-21-11-7-17-30(34)3)25-14-26-39(41)35-22-12-8-18-31(35)4;/h5-27H,1-4H3;. The van der Waals surface area contributed by atoms with Gasteiger partial charge in [-0.2, -0.15) is 0 Å². The van der Waals surface area contributed by atoms with Crippen LogP contribution in [-0.4, -0.2) is 27.0 Å². The molecule has 0 atom stereocenters. The summed E-state index contributed by atoms with van der Waals surface area (Å²) in [6.45, 7) is 8.90. The van der Waals surface area contributed by atoms with Gasteiger partial charge in [-0.15, -0.1) is 0 Å². The molecule has 0 aliphatic carbocycles. The van der Waals surface area contributed by atoms with Crippen LogP contribution in [0.5, 0.6) is 0 Å². The third kappa shape index (κ3) is 6.48. The van der Waals surface area contributed by atoms with E-state index in [1.165, 1.54) is 101 Å². The summed E-state index contributed by atoms with van der Waals surface area (Å²) in [6.07, 6.45) is 0. The van der Waals surface area contributed by atoms with Gasteiger partial charge in [0.25, 0.3) is 0 Å². The first-order valence-corrected chi connectivity index (χ1v) is 18.7. The minimum absolute atomic E-state index is 0.357. The maximum absolute atomic E-state index is 2.31. The van der Waals surface area contributed by atoms with Crippen LogP contribution in [0.2, 0.25) is 0 Å². The monoisotopic (exact) mass is 800 g/mol. The molecule has 0 aliphatic heterocycles. The number of rotatable bonds is 8. The van der Waals surface area contributed by atoms with E-state index >= 15 is 0 Å². The molecule has 0 fully saturated rings. The van der Waals surface area contributed by atoms with E-state index in [1.807, 2.05) is 23.5 Å². The first-order valence-electron chi connectivity index (χ1n) is 14.9. The van der Waals surface area contributed by atoms with Gasteiger partial charge < -0.3 is 0 Å². The summed E-state index contributed by atoms with van der Waals surface area (Å²) in [6, 6.07) is 48.9. The first kappa shape index (κ1) is 30.9. The number of hydrogen-bond donors (Lipinski definition) is 0. The third-order valence-electron chi connectivity index (χ3n) is 8.21. The molecule has 3 heteroatoms. The molecule has 6 aromatic rings. The maximum atomic E-state index is 2.31. The summed E-state index contributed by atoms with van der Waals surface area (Å²) in [7, 11) is 0. The Morgan fingerprint density at radius 1 is 0.341 bits per heavy atom. The van der Waals surface area contributed by atoms with Gasteiger partial charge >= 0.3 is 288 Å². The van der Waals surface area contributed by atoms with Gasteiger partial charge in [-0.25, -0.2) is 0 Å². The van der Waals surface area contributed by atoms with Crippen LogP contribution in [-0.2, 0) is 0 Å². The van der Waals surface area contributed by atoms with Crippen LogP contribution in [0.25, 0.3) is 44.5 Å². The molecule has 0 aromatic heterocycles. The van der Waals surface area contributed by atoms with E-state index in [9.17, 15) is 0 Å². The zero-order chi connectivity index (χ0) is 30.6. The Balaban J connectivity index is 1.49. The van der Waals surface area contributed by atoms with Crippen molar-refractivity contribution in [3.8, 4) is 44.5 Å². The molecule has 0 spiro atoms. The molecule has 0 saturated heterocycles. The molecular formula is C41H35BiS2. The van der Waals surface area contributed by atoms with Crippen molar-refractivity contribution in [2.45, 2.75) is 39.8 Å². The molecule has 6 rings (SSSR count). The Kier molecular flexibility index (Phi) is 9.77. The molecule has 0 amide bonds. The van der Waals surface area contributed by atoms with Crippen LogP contribution in [0.3, 0.4) is 0 Å². The molecule has 6 aromatic carbocycles. The first-order chi connectivity index (χ1) is 21.4. The van der Waals surface area contributed by atoms with Crippen molar-refractivity contribution in [3.63, 3.8) is 0 Å². The van der Waals surface area contributed by atoms with Crippen LogP contribution >= 0.6 is 23.5 Å². The average Bonchev–Trinajstić information content (AvgIpc) is 3.03. The third-order valence-corrected chi connectivity index (χ3v) is 13.0. The van der Waals surface area contributed by atoms with E-state index in [-0.39, 0.29) is 0 Å². The van der Waals surface area contributed by atoms with E-state index < -0.39 is 0 Å². The second kappa shape index (κ2) is 13.9. The van der Waals surface area contributed by atoms with Crippen LogP contribution in [0.4, 0.5) is 0 Å². The van der Waals surface area contributed by atoms with Crippen LogP contribution < -0.4 is 0 Å². The van der Waals surface area contributed by atoms with E-state index in [4.69, 9.17) is 0 Å². The fourth-order valence-electron chi connectivity index (χ4n) is 5.90. The molecule has 0 nitrogen and oxygen atoms in total. The van der Waals surface area contributed by atoms with Crippen molar-refractivity contribution in [3.05, 3.63) is 156 Å². The van der Waals surface area contributed by atoms with Crippen LogP contribution in [0.15, 0.2) is 143 Å². The minimum atomic E-state index is 0.357. The number of thioether (sulfide) groups is 2. The summed E-state index contributed by atoms with van der Waals surface area (Å²) < 4.78 is 0.357. The van der Waals surface area contributed by atoms with Gasteiger partial charge in [0.2, 0.25) is 0 Å². The van der Waals surface area contributed by atoms with Gasteiger partial charge in [-0.1, -0.05) is 0 Å². The van der Waals surface area contributed by atoms with Gasteiger partial charge in [0.05, 0.1) is 0 Å². The summed E-state index contributed by atoms with van der Waals surface area (Å²) >= 11 is 5.34. The molecule has 0 aliphatic rings. The van der Waals surface area contributed by atoms with E-state index in [0.29, 0.717) is 2.29 Å². The van der Waals surface area contributed by atoms with Crippen molar-refractivity contribution < 1.29 is 0 Å². The topological polar surface area (TPSA) is 0 Å². The van der Waals surface area contributed by atoms with E-state index in [0.717, 1.165) is 0 Å². The quantitative estimate of drug-likeness (QED) is 0.0854. The molecule has 0 unspecified atom stereocenters. The van der Waals surface area contributed by atoms with Crippen molar-refractivity contribution in [1.29, 1.82) is 0 Å². The Hall–Kier alpha value is -3.10. The average molecular weight is 801 g/mol. The fraction of sp³-hybridized carbons (Fsp3) is 0.122. The summed E-state index contributed by atoms with van der Waals surface area (Å²) in [4.78, 5) is 2.73. The van der Waals surface area contributed by atoms with E-state index in [1.54, 1.807) is 0 Å². The number of hydrogen-bond acceptors (Lipinski definition) is 2. The molecule has 0 N–H and O–H groups in total. The predicted octanol–water partition coefficient (Wildman–Crippen LogP) is 11.9.